The molecule has 0 radical (unpaired) electrons. The third-order valence-corrected chi connectivity index (χ3v) is 3.13. The fourth-order valence-corrected chi connectivity index (χ4v) is 2.03. The zero-order valence-electron chi connectivity index (χ0n) is 12.2. The molecule has 0 bridgehead atoms. The summed E-state index contributed by atoms with van der Waals surface area (Å²) < 4.78 is 10.6. The van der Waals surface area contributed by atoms with E-state index < -0.39 is 0 Å². The van der Waals surface area contributed by atoms with E-state index in [0.29, 0.717) is 12.4 Å². The maximum Gasteiger partial charge on any atom is 0.213 e. The molecule has 20 heavy (non-hydrogen) atoms. The Bertz CT molecular complexity index is 512. The number of furan rings is 1. The van der Waals surface area contributed by atoms with Gasteiger partial charge in [0.1, 0.15) is 5.76 Å². The Kier molecular flexibility index (Phi) is 5.15. The number of likely N-dealkylation sites (N-methyl/N-ethyl adjacent to an activating group) is 1. The minimum Gasteiger partial charge on any atom is -0.481 e. The summed E-state index contributed by atoms with van der Waals surface area (Å²) in [6.07, 6.45) is 1.70. The molecule has 2 aromatic heterocycles. The molecular weight excluding hydrogens is 254 g/mol. The summed E-state index contributed by atoms with van der Waals surface area (Å²) in [4.78, 5) is 6.50. The largest absolute Gasteiger partial charge is 0.481 e. The van der Waals surface area contributed by atoms with Crippen molar-refractivity contribution in [2.24, 2.45) is 0 Å². The van der Waals surface area contributed by atoms with Crippen LogP contribution < -0.4 is 10.1 Å². The van der Waals surface area contributed by atoms with Gasteiger partial charge in [-0.1, -0.05) is 6.07 Å². The van der Waals surface area contributed by atoms with E-state index in [-0.39, 0.29) is 6.04 Å². The number of nitrogens with zero attached hydrogens (tertiary/aromatic N) is 2. The van der Waals surface area contributed by atoms with E-state index in [1.54, 1.807) is 13.4 Å². The first-order chi connectivity index (χ1) is 9.70. The molecule has 2 heterocycles. The summed E-state index contributed by atoms with van der Waals surface area (Å²) in [5, 5.41) is 3.40. The highest BCUT2D eigenvalue weighted by molar-refractivity contribution is 5.15. The molecule has 0 aliphatic heterocycles. The molecule has 0 spiro atoms. The molecule has 0 aliphatic carbocycles. The molecule has 0 amide bonds. The molecule has 0 saturated carbocycles. The second-order valence-electron chi connectivity index (χ2n) is 4.80. The molecule has 5 nitrogen and oxygen atoms in total. The van der Waals surface area contributed by atoms with Crippen molar-refractivity contribution in [2.75, 3.05) is 27.7 Å². The van der Waals surface area contributed by atoms with Gasteiger partial charge < -0.3 is 14.5 Å². The van der Waals surface area contributed by atoms with Crippen molar-refractivity contribution in [3.05, 3.63) is 48.0 Å². The van der Waals surface area contributed by atoms with Crippen molar-refractivity contribution in [3.8, 4) is 5.88 Å². The third-order valence-electron chi connectivity index (χ3n) is 3.13. The van der Waals surface area contributed by atoms with E-state index in [4.69, 9.17) is 9.15 Å². The van der Waals surface area contributed by atoms with Gasteiger partial charge in [-0.25, -0.2) is 4.98 Å². The van der Waals surface area contributed by atoms with Gasteiger partial charge >= 0.3 is 0 Å². The van der Waals surface area contributed by atoms with Crippen LogP contribution in [-0.4, -0.2) is 37.6 Å². The SMILES string of the molecule is COc1cccc(CNCC(c2ccco2)N(C)C)n1. The van der Waals surface area contributed by atoms with Crippen LogP contribution in [0, 0.1) is 0 Å². The van der Waals surface area contributed by atoms with Gasteiger partial charge in [-0.15, -0.1) is 0 Å². The van der Waals surface area contributed by atoms with Crippen LogP contribution in [0.3, 0.4) is 0 Å². The lowest BCUT2D eigenvalue weighted by Gasteiger charge is -2.22. The zero-order chi connectivity index (χ0) is 14.4. The maximum absolute atomic E-state index is 5.48. The molecule has 1 N–H and O–H groups in total. The minimum absolute atomic E-state index is 0.204. The summed E-state index contributed by atoms with van der Waals surface area (Å²) in [6.45, 7) is 1.49. The molecule has 0 saturated heterocycles. The lowest BCUT2D eigenvalue weighted by molar-refractivity contribution is 0.250. The van der Waals surface area contributed by atoms with E-state index in [1.807, 2.05) is 44.4 Å². The highest BCUT2D eigenvalue weighted by atomic mass is 16.5. The first-order valence-corrected chi connectivity index (χ1v) is 6.61. The highest BCUT2D eigenvalue weighted by Gasteiger charge is 2.16. The van der Waals surface area contributed by atoms with Gasteiger partial charge in [0.25, 0.3) is 0 Å². The van der Waals surface area contributed by atoms with Gasteiger partial charge in [0, 0.05) is 19.2 Å². The van der Waals surface area contributed by atoms with Crippen LogP contribution in [-0.2, 0) is 6.54 Å². The van der Waals surface area contributed by atoms with Gasteiger partial charge in [-0.3, -0.25) is 4.90 Å². The van der Waals surface area contributed by atoms with Gasteiger partial charge in [0.2, 0.25) is 5.88 Å². The van der Waals surface area contributed by atoms with E-state index in [0.717, 1.165) is 18.0 Å². The second-order valence-corrected chi connectivity index (χ2v) is 4.80. The van der Waals surface area contributed by atoms with Crippen LogP contribution in [0.2, 0.25) is 0 Å². The van der Waals surface area contributed by atoms with Crippen LogP contribution in [0.5, 0.6) is 5.88 Å². The first kappa shape index (κ1) is 14.6. The fourth-order valence-electron chi connectivity index (χ4n) is 2.03. The summed E-state index contributed by atoms with van der Waals surface area (Å²) in [6, 6.07) is 9.88. The van der Waals surface area contributed by atoms with Gasteiger partial charge in [-0.05, 0) is 32.3 Å². The fraction of sp³-hybridized carbons (Fsp3) is 0.400. The Labute approximate surface area is 119 Å². The molecule has 2 rings (SSSR count). The lowest BCUT2D eigenvalue weighted by atomic mass is 10.2. The van der Waals surface area contributed by atoms with E-state index in [9.17, 15) is 0 Å². The predicted molar refractivity (Wildman–Crippen MR) is 77.6 cm³/mol. The van der Waals surface area contributed by atoms with Gasteiger partial charge in [-0.2, -0.15) is 0 Å². The molecule has 1 unspecified atom stereocenters. The summed E-state index contributed by atoms with van der Waals surface area (Å²) >= 11 is 0. The summed E-state index contributed by atoms with van der Waals surface area (Å²) in [5.74, 6) is 1.60. The quantitative estimate of drug-likeness (QED) is 0.838. The van der Waals surface area contributed by atoms with E-state index >= 15 is 0 Å². The normalized spacial score (nSPS) is 12.6. The Morgan fingerprint density at radius 3 is 2.80 bits per heavy atom. The molecule has 0 fully saturated rings. The van der Waals surface area contributed by atoms with Gasteiger partial charge in [0.05, 0.1) is 25.1 Å². The van der Waals surface area contributed by atoms with Crippen LogP contribution in [0.4, 0.5) is 0 Å². The molecule has 0 aliphatic rings. The van der Waals surface area contributed by atoms with E-state index in [2.05, 4.69) is 15.2 Å². The lowest BCUT2D eigenvalue weighted by Crippen LogP contribution is -2.30. The molecule has 0 aromatic carbocycles. The smallest absolute Gasteiger partial charge is 0.213 e. The van der Waals surface area contributed by atoms with Crippen molar-refractivity contribution >= 4 is 0 Å². The number of methoxy groups -OCH3 is 1. The first-order valence-electron chi connectivity index (χ1n) is 6.61. The van der Waals surface area contributed by atoms with Crippen LogP contribution in [0.1, 0.15) is 17.5 Å². The monoisotopic (exact) mass is 275 g/mol. The maximum atomic E-state index is 5.48. The standard InChI is InChI=1S/C15H21N3O2/c1-18(2)13(14-7-5-9-20-14)11-16-10-12-6-4-8-15(17-12)19-3/h4-9,13,16H,10-11H2,1-3H3. The van der Waals surface area contributed by atoms with E-state index in [1.165, 1.54) is 0 Å². The zero-order valence-corrected chi connectivity index (χ0v) is 12.2. The van der Waals surface area contributed by atoms with Crippen molar-refractivity contribution in [3.63, 3.8) is 0 Å². The second kappa shape index (κ2) is 7.07. The number of pyridine rings is 1. The number of ether oxygens (including phenoxy) is 1. The third kappa shape index (κ3) is 3.82. The number of aromatic nitrogens is 1. The molecule has 5 heteroatoms. The van der Waals surface area contributed by atoms with Crippen LogP contribution in [0.15, 0.2) is 41.0 Å². The number of nitrogens with one attached hydrogen (secondary N) is 1. The average molecular weight is 275 g/mol. The Hall–Kier alpha value is -1.85. The molecular formula is C15H21N3O2. The molecule has 1 atom stereocenters. The Morgan fingerprint density at radius 1 is 1.30 bits per heavy atom. The highest BCUT2D eigenvalue weighted by Crippen LogP contribution is 2.17. The topological polar surface area (TPSA) is 50.5 Å². The molecule has 2 aromatic rings. The van der Waals surface area contributed by atoms with Crippen molar-refractivity contribution in [1.82, 2.24) is 15.2 Å². The average Bonchev–Trinajstić information content (AvgIpc) is 2.97. The minimum atomic E-state index is 0.204. The van der Waals surface area contributed by atoms with Crippen LogP contribution >= 0.6 is 0 Å². The number of hydrogen-bond donors (Lipinski definition) is 1. The summed E-state index contributed by atoms with van der Waals surface area (Å²) in [5.41, 5.74) is 0.960. The number of rotatable bonds is 7. The number of hydrogen-bond acceptors (Lipinski definition) is 5. The predicted octanol–water partition coefficient (Wildman–Crippen LogP) is 2.08. The van der Waals surface area contributed by atoms with Gasteiger partial charge in [0.15, 0.2) is 0 Å². The van der Waals surface area contributed by atoms with Crippen molar-refractivity contribution in [2.45, 2.75) is 12.6 Å². The Balaban J connectivity index is 1.90. The van der Waals surface area contributed by atoms with Crippen LogP contribution in [0.25, 0.3) is 0 Å². The molecule has 108 valence electrons. The van der Waals surface area contributed by atoms with Crippen molar-refractivity contribution in [1.29, 1.82) is 0 Å². The van der Waals surface area contributed by atoms with Crippen molar-refractivity contribution < 1.29 is 9.15 Å². The summed E-state index contributed by atoms with van der Waals surface area (Å²) in [7, 11) is 5.70. The Morgan fingerprint density at radius 2 is 2.15 bits per heavy atom.